The van der Waals surface area contributed by atoms with Gasteiger partial charge in [0.25, 0.3) is 0 Å². The summed E-state index contributed by atoms with van der Waals surface area (Å²) in [6, 6.07) is 10.6. The zero-order chi connectivity index (χ0) is 15.2. The number of thiophene rings is 1. The van der Waals surface area contributed by atoms with Gasteiger partial charge in [-0.2, -0.15) is 0 Å². The van der Waals surface area contributed by atoms with Crippen LogP contribution in [0, 0.1) is 0 Å². The van der Waals surface area contributed by atoms with Gasteiger partial charge >= 0.3 is 5.97 Å². The molecule has 0 aliphatic rings. The van der Waals surface area contributed by atoms with Crippen LogP contribution < -0.4 is 5.32 Å². The normalized spacial score (nSPS) is 11.7. The first-order valence-electron chi connectivity index (χ1n) is 6.38. The van der Waals surface area contributed by atoms with Crippen LogP contribution in [0.15, 0.2) is 41.8 Å². The molecule has 0 fully saturated rings. The van der Waals surface area contributed by atoms with Crippen LogP contribution in [-0.2, 0) is 9.53 Å². The second-order valence-corrected chi connectivity index (χ2v) is 5.50. The van der Waals surface area contributed by atoms with Crippen LogP contribution in [-0.4, -0.2) is 18.5 Å². The van der Waals surface area contributed by atoms with Gasteiger partial charge in [0.1, 0.15) is 10.4 Å². The van der Waals surface area contributed by atoms with Gasteiger partial charge in [0.2, 0.25) is 5.91 Å². The molecule has 0 aliphatic carbocycles. The van der Waals surface area contributed by atoms with Crippen molar-refractivity contribution < 1.29 is 14.3 Å². The molecule has 1 N–H and O–H groups in total. The Bertz CT molecular complexity index is 627. The van der Waals surface area contributed by atoms with Gasteiger partial charge in [0, 0.05) is 0 Å². The number of hydrogen-bond donors (Lipinski definition) is 1. The average molecular weight is 324 g/mol. The molecular formula is C15H14ClNO3S. The number of nitrogens with one attached hydrogen (secondary N) is 1. The van der Waals surface area contributed by atoms with Crippen molar-refractivity contribution in [3.05, 3.63) is 52.9 Å². The summed E-state index contributed by atoms with van der Waals surface area (Å²) < 4.78 is 4.94. The Morgan fingerprint density at radius 3 is 2.67 bits per heavy atom. The number of anilines is 1. The van der Waals surface area contributed by atoms with E-state index in [9.17, 15) is 9.59 Å². The summed E-state index contributed by atoms with van der Waals surface area (Å²) in [4.78, 5) is 23.9. The molecule has 0 aliphatic heterocycles. The fourth-order valence-electron chi connectivity index (χ4n) is 1.72. The summed E-state index contributed by atoms with van der Waals surface area (Å²) in [6.45, 7) is 2.01. The largest absolute Gasteiger partial charge is 0.462 e. The molecule has 0 spiro atoms. The molecule has 0 bridgehead atoms. The van der Waals surface area contributed by atoms with Crippen molar-refractivity contribution in [1.29, 1.82) is 0 Å². The molecule has 0 saturated carbocycles. The smallest absolute Gasteiger partial charge is 0.341 e. The maximum Gasteiger partial charge on any atom is 0.341 e. The Kier molecular flexibility index (Phi) is 5.36. The number of esters is 1. The summed E-state index contributed by atoms with van der Waals surface area (Å²) in [5, 5.41) is 4.02. The highest BCUT2D eigenvalue weighted by molar-refractivity contribution is 7.14. The Labute approximate surface area is 131 Å². The van der Waals surface area contributed by atoms with Crippen molar-refractivity contribution in [3.8, 4) is 0 Å². The van der Waals surface area contributed by atoms with Crippen molar-refractivity contribution in [1.82, 2.24) is 0 Å². The first kappa shape index (κ1) is 15.5. The van der Waals surface area contributed by atoms with Gasteiger partial charge in [-0.05, 0) is 23.9 Å². The zero-order valence-corrected chi connectivity index (χ0v) is 12.9. The maximum absolute atomic E-state index is 12.2. The quantitative estimate of drug-likeness (QED) is 0.671. The van der Waals surface area contributed by atoms with Gasteiger partial charge in [-0.1, -0.05) is 30.3 Å². The summed E-state index contributed by atoms with van der Waals surface area (Å²) in [6.07, 6.45) is 0. The van der Waals surface area contributed by atoms with Crippen molar-refractivity contribution in [2.45, 2.75) is 12.3 Å². The second kappa shape index (κ2) is 7.24. The minimum Gasteiger partial charge on any atom is -0.462 e. The number of amides is 1. The molecule has 1 aromatic heterocycles. The highest BCUT2D eigenvalue weighted by Gasteiger charge is 2.21. The van der Waals surface area contributed by atoms with Crippen LogP contribution in [0.4, 0.5) is 5.00 Å². The van der Waals surface area contributed by atoms with E-state index in [1.165, 1.54) is 11.3 Å². The topological polar surface area (TPSA) is 55.4 Å². The van der Waals surface area contributed by atoms with Gasteiger partial charge in [0.05, 0.1) is 12.2 Å². The first-order valence-corrected chi connectivity index (χ1v) is 7.69. The summed E-state index contributed by atoms with van der Waals surface area (Å²) in [5.74, 6) is -0.837. The average Bonchev–Trinajstić information content (AvgIpc) is 2.95. The number of hydrogen-bond acceptors (Lipinski definition) is 4. The predicted octanol–water partition coefficient (Wildman–Crippen LogP) is 3.84. The lowest BCUT2D eigenvalue weighted by Gasteiger charge is -2.10. The Morgan fingerprint density at radius 1 is 1.29 bits per heavy atom. The minimum absolute atomic E-state index is 0.282. The fourth-order valence-corrected chi connectivity index (χ4v) is 2.70. The van der Waals surface area contributed by atoms with Crippen molar-refractivity contribution in [3.63, 3.8) is 0 Å². The number of halogens is 1. The van der Waals surface area contributed by atoms with E-state index in [2.05, 4.69) is 5.32 Å². The van der Waals surface area contributed by atoms with Crippen molar-refractivity contribution in [2.24, 2.45) is 0 Å². The van der Waals surface area contributed by atoms with Crippen LogP contribution >= 0.6 is 22.9 Å². The number of alkyl halides is 1. The monoisotopic (exact) mass is 323 g/mol. The predicted molar refractivity (Wildman–Crippen MR) is 83.9 cm³/mol. The van der Waals surface area contributed by atoms with Crippen LogP contribution in [0.2, 0.25) is 0 Å². The fraction of sp³-hybridized carbons (Fsp3) is 0.200. The highest BCUT2D eigenvalue weighted by Crippen LogP contribution is 2.27. The van der Waals surface area contributed by atoms with Gasteiger partial charge in [-0.15, -0.1) is 22.9 Å². The summed E-state index contributed by atoms with van der Waals surface area (Å²) in [5.41, 5.74) is 1.04. The van der Waals surface area contributed by atoms with Gasteiger partial charge in [0.15, 0.2) is 0 Å². The number of benzene rings is 1. The third-order valence-electron chi connectivity index (χ3n) is 2.72. The maximum atomic E-state index is 12.2. The van der Waals surface area contributed by atoms with E-state index in [-0.39, 0.29) is 12.5 Å². The van der Waals surface area contributed by atoms with Gasteiger partial charge < -0.3 is 10.1 Å². The second-order valence-electron chi connectivity index (χ2n) is 4.15. The minimum atomic E-state index is -0.816. The van der Waals surface area contributed by atoms with E-state index in [1.54, 1.807) is 30.5 Å². The number of carbonyl (C=O) groups is 2. The lowest BCUT2D eigenvalue weighted by Crippen LogP contribution is -2.18. The van der Waals surface area contributed by atoms with Crippen molar-refractivity contribution in [2.75, 3.05) is 11.9 Å². The first-order chi connectivity index (χ1) is 10.1. The molecule has 2 rings (SSSR count). The summed E-state index contributed by atoms with van der Waals surface area (Å²) in [7, 11) is 0. The van der Waals surface area contributed by atoms with E-state index in [0.29, 0.717) is 16.1 Å². The van der Waals surface area contributed by atoms with Crippen LogP contribution in [0.5, 0.6) is 0 Å². The molecule has 4 nitrogen and oxygen atoms in total. The molecule has 6 heteroatoms. The Hall–Kier alpha value is -1.85. The highest BCUT2D eigenvalue weighted by atomic mass is 35.5. The molecule has 0 saturated heterocycles. The van der Waals surface area contributed by atoms with Crippen LogP contribution in [0.25, 0.3) is 0 Å². The van der Waals surface area contributed by atoms with Gasteiger partial charge in [-0.3, -0.25) is 4.79 Å². The SMILES string of the molecule is CCOC(=O)c1ccsc1NC(=O)C(Cl)c1ccccc1. The zero-order valence-electron chi connectivity index (χ0n) is 11.3. The third kappa shape index (κ3) is 3.83. The molecule has 110 valence electrons. The molecule has 1 heterocycles. The molecule has 1 atom stereocenters. The molecule has 1 unspecified atom stereocenters. The summed E-state index contributed by atoms with van der Waals surface area (Å²) >= 11 is 7.40. The molecule has 21 heavy (non-hydrogen) atoms. The van der Waals surface area contributed by atoms with Crippen LogP contribution in [0.1, 0.15) is 28.2 Å². The van der Waals surface area contributed by atoms with E-state index < -0.39 is 11.3 Å². The van der Waals surface area contributed by atoms with E-state index in [4.69, 9.17) is 16.3 Å². The van der Waals surface area contributed by atoms with E-state index in [0.717, 1.165) is 0 Å². The number of ether oxygens (including phenoxy) is 1. The third-order valence-corrected chi connectivity index (χ3v) is 4.00. The Morgan fingerprint density at radius 2 is 2.00 bits per heavy atom. The lowest BCUT2D eigenvalue weighted by atomic mass is 10.1. The van der Waals surface area contributed by atoms with E-state index >= 15 is 0 Å². The Balaban J connectivity index is 2.10. The standard InChI is InChI=1S/C15H14ClNO3S/c1-2-20-15(19)11-8-9-21-14(11)17-13(18)12(16)10-6-4-3-5-7-10/h3-9,12H,2H2,1H3,(H,17,18). The van der Waals surface area contributed by atoms with Crippen molar-refractivity contribution >= 4 is 39.8 Å². The molecule has 1 amide bonds. The van der Waals surface area contributed by atoms with Crippen LogP contribution in [0.3, 0.4) is 0 Å². The van der Waals surface area contributed by atoms with Gasteiger partial charge in [-0.25, -0.2) is 4.79 Å². The number of rotatable bonds is 5. The molecule has 0 radical (unpaired) electrons. The van der Waals surface area contributed by atoms with E-state index in [1.807, 2.05) is 18.2 Å². The molecule has 1 aromatic carbocycles. The molecular weight excluding hydrogens is 310 g/mol. The number of carbonyl (C=O) groups excluding carboxylic acids is 2. The molecule has 2 aromatic rings. The lowest BCUT2D eigenvalue weighted by molar-refractivity contribution is -0.115.